The maximum absolute atomic E-state index is 12.7. The van der Waals surface area contributed by atoms with E-state index in [0.717, 1.165) is 55.5 Å². The van der Waals surface area contributed by atoms with Crippen molar-refractivity contribution < 1.29 is 9.90 Å². The molecule has 5 heteroatoms. The number of aliphatic hydroxyl groups excluding tert-OH is 1. The molecule has 2 N–H and O–H groups in total. The summed E-state index contributed by atoms with van der Waals surface area (Å²) in [5, 5.41) is 17.6. The van der Waals surface area contributed by atoms with E-state index in [1.165, 1.54) is 5.56 Å². The number of aliphatic hydroxyl groups is 1. The Morgan fingerprint density at radius 2 is 2.04 bits per heavy atom. The monoisotopic (exact) mass is 339 g/mol. The van der Waals surface area contributed by atoms with Gasteiger partial charge in [-0.25, -0.2) is 4.68 Å². The molecule has 132 valence electrons. The average molecular weight is 339 g/mol. The fourth-order valence-corrected chi connectivity index (χ4v) is 4.08. The van der Waals surface area contributed by atoms with Crippen molar-refractivity contribution >= 4 is 5.91 Å². The Hall–Kier alpha value is -2.14. The minimum absolute atomic E-state index is 0.108. The maximum Gasteiger partial charge on any atom is 0.272 e. The SMILES string of the molecule is Cc1ccc(-n2nc(C(=O)NC[C@@H]3CCC[C@H]3O)c3c2CCC3)cc1. The summed E-state index contributed by atoms with van der Waals surface area (Å²) in [7, 11) is 0. The maximum atomic E-state index is 12.7. The van der Waals surface area contributed by atoms with Gasteiger partial charge in [0.15, 0.2) is 5.69 Å². The molecule has 2 atom stereocenters. The molecule has 0 saturated heterocycles. The lowest BCUT2D eigenvalue weighted by Crippen LogP contribution is -2.33. The smallest absolute Gasteiger partial charge is 0.272 e. The van der Waals surface area contributed by atoms with E-state index < -0.39 is 0 Å². The molecule has 25 heavy (non-hydrogen) atoms. The van der Waals surface area contributed by atoms with E-state index in [1.54, 1.807) is 0 Å². The third-order valence-electron chi connectivity index (χ3n) is 5.57. The molecule has 4 rings (SSSR count). The minimum Gasteiger partial charge on any atom is -0.393 e. The van der Waals surface area contributed by atoms with E-state index in [9.17, 15) is 9.90 Å². The van der Waals surface area contributed by atoms with Crippen LogP contribution in [0.5, 0.6) is 0 Å². The van der Waals surface area contributed by atoms with Gasteiger partial charge in [0.25, 0.3) is 5.91 Å². The van der Waals surface area contributed by atoms with Gasteiger partial charge >= 0.3 is 0 Å². The van der Waals surface area contributed by atoms with Crippen molar-refractivity contribution in [3.63, 3.8) is 0 Å². The second-order valence-corrected chi connectivity index (χ2v) is 7.34. The summed E-state index contributed by atoms with van der Waals surface area (Å²) in [4.78, 5) is 12.7. The molecule has 0 spiro atoms. The Kier molecular flexibility index (Phi) is 4.34. The molecule has 2 aliphatic carbocycles. The number of hydrogen-bond donors (Lipinski definition) is 2. The van der Waals surface area contributed by atoms with Crippen LogP contribution in [0.1, 0.15) is 53.0 Å². The number of carbonyl (C=O) groups excluding carboxylic acids is 1. The Bertz CT molecular complexity index is 779. The number of aromatic nitrogens is 2. The fourth-order valence-electron chi connectivity index (χ4n) is 4.08. The molecule has 0 radical (unpaired) electrons. The number of carbonyl (C=O) groups is 1. The summed E-state index contributed by atoms with van der Waals surface area (Å²) < 4.78 is 1.93. The predicted molar refractivity (Wildman–Crippen MR) is 96.0 cm³/mol. The lowest BCUT2D eigenvalue weighted by Gasteiger charge is -2.14. The second kappa shape index (κ2) is 6.64. The second-order valence-electron chi connectivity index (χ2n) is 7.34. The zero-order valence-electron chi connectivity index (χ0n) is 14.7. The summed E-state index contributed by atoms with van der Waals surface area (Å²) in [5.74, 6) is 0.0688. The van der Waals surface area contributed by atoms with Crippen LogP contribution in [0.4, 0.5) is 0 Å². The molecule has 5 nitrogen and oxygen atoms in total. The summed E-state index contributed by atoms with van der Waals surface area (Å²) in [6.45, 7) is 2.60. The van der Waals surface area contributed by atoms with Gasteiger partial charge in [-0.05, 0) is 51.2 Å². The Morgan fingerprint density at radius 3 is 2.76 bits per heavy atom. The van der Waals surface area contributed by atoms with Gasteiger partial charge in [-0.15, -0.1) is 0 Å². The van der Waals surface area contributed by atoms with Gasteiger partial charge in [-0.3, -0.25) is 4.79 Å². The number of fused-ring (bicyclic) bond motifs is 1. The first kappa shape index (κ1) is 16.3. The highest BCUT2D eigenvalue weighted by molar-refractivity contribution is 5.94. The van der Waals surface area contributed by atoms with Gasteiger partial charge < -0.3 is 10.4 Å². The molecule has 1 aromatic carbocycles. The lowest BCUT2D eigenvalue weighted by molar-refractivity contribution is 0.0910. The molecule has 1 aromatic heterocycles. The van der Waals surface area contributed by atoms with Crippen LogP contribution in [0.25, 0.3) is 5.69 Å². The van der Waals surface area contributed by atoms with Crippen LogP contribution in [0.3, 0.4) is 0 Å². The number of aryl methyl sites for hydroxylation is 1. The number of amides is 1. The molecule has 1 heterocycles. The van der Waals surface area contributed by atoms with E-state index in [4.69, 9.17) is 0 Å². The van der Waals surface area contributed by atoms with Crippen LogP contribution in [0.15, 0.2) is 24.3 Å². The van der Waals surface area contributed by atoms with E-state index in [0.29, 0.717) is 12.2 Å². The number of nitrogens with one attached hydrogen (secondary N) is 1. The Balaban J connectivity index is 1.56. The largest absolute Gasteiger partial charge is 0.393 e. The predicted octanol–water partition coefficient (Wildman–Crippen LogP) is 2.56. The van der Waals surface area contributed by atoms with Crippen LogP contribution < -0.4 is 5.32 Å². The first-order valence-corrected chi connectivity index (χ1v) is 9.27. The molecule has 0 bridgehead atoms. The van der Waals surface area contributed by atoms with Crippen LogP contribution in [0.2, 0.25) is 0 Å². The van der Waals surface area contributed by atoms with Gasteiger partial charge in [-0.2, -0.15) is 5.10 Å². The van der Waals surface area contributed by atoms with Gasteiger partial charge in [0.1, 0.15) is 0 Å². The van der Waals surface area contributed by atoms with Gasteiger partial charge in [-0.1, -0.05) is 24.1 Å². The highest BCUT2D eigenvalue weighted by Gasteiger charge is 2.29. The highest BCUT2D eigenvalue weighted by Crippen LogP contribution is 2.28. The van der Waals surface area contributed by atoms with E-state index in [-0.39, 0.29) is 17.9 Å². The lowest BCUT2D eigenvalue weighted by atomic mass is 10.1. The highest BCUT2D eigenvalue weighted by atomic mass is 16.3. The van der Waals surface area contributed by atoms with Crippen LogP contribution >= 0.6 is 0 Å². The van der Waals surface area contributed by atoms with Crippen molar-refractivity contribution in [2.24, 2.45) is 5.92 Å². The first-order chi connectivity index (χ1) is 12.1. The standard InChI is InChI=1S/C20H25N3O2/c1-13-8-10-15(11-9-13)23-17-6-3-5-16(17)19(22-23)20(25)21-12-14-4-2-7-18(14)24/h8-11,14,18,24H,2-7,12H2,1H3,(H,21,25)/t14-,18+/m0/s1. The molecule has 1 amide bonds. The van der Waals surface area contributed by atoms with Crippen molar-refractivity contribution in [2.75, 3.05) is 6.54 Å². The summed E-state index contributed by atoms with van der Waals surface area (Å²) in [6.07, 6.45) is 5.53. The van der Waals surface area contributed by atoms with Crippen LogP contribution in [-0.4, -0.2) is 33.4 Å². The molecule has 0 aliphatic heterocycles. The van der Waals surface area contributed by atoms with Crippen molar-refractivity contribution in [3.8, 4) is 5.69 Å². The number of benzene rings is 1. The Morgan fingerprint density at radius 1 is 1.24 bits per heavy atom. The van der Waals surface area contributed by atoms with E-state index in [2.05, 4.69) is 41.6 Å². The minimum atomic E-state index is -0.281. The van der Waals surface area contributed by atoms with Crippen molar-refractivity contribution in [1.29, 1.82) is 0 Å². The molecule has 2 aliphatic rings. The topological polar surface area (TPSA) is 67.2 Å². The molecule has 0 unspecified atom stereocenters. The normalized spacial score (nSPS) is 22.2. The third kappa shape index (κ3) is 3.09. The van der Waals surface area contributed by atoms with Gasteiger partial charge in [0, 0.05) is 23.7 Å². The van der Waals surface area contributed by atoms with E-state index >= 15 is 0 Å². The zero-order valence-corrected chi connectivity index (χ0v) is 14.7. The molecular weight excluding hydrogens is 314 g/mol. The molecular formula is C20H25N3O2. The van der Waals surface area contributed by atoms with Crippen LogP contribution in [0, 0.1) is 12.8 Å². The zero-order chi connectivity index (χ0) is 17.4. The average Bonchev–Trinajstić information content (AvgIpc) is 3.30. The summed E-state index contributed by atoms with van der Waals surface area (Å²) in [5.41, 5.74) is 5.02. The first-order valence-electron chi connectivity index (χ1n) is 9.27. The van der Waals surface area contributed by atoms with Gasteiger partial charge in [0.05, 0.1) is 11.8 Å². The number of hydrogen-bond acceptors (Lipinski definition) is 3. The molecule has 1 fully saturated rings. The summed E-state index contributed by atoms with van der Waals surface area (Å²) >= 11 is 0. The molecule has 1 saturated carbocycles. The van der Waals surface area contributed by atoms with E-state index in [1.807, 2.05) is 4.68 Å². The third-order valence-corrected chi connectivity index (χ3v) is 5.57. The van der Waals surface area contributed by atoms with Crippen LogP contribution in [-0.2, 0) is 12.8 Å². The Labute approximate surface area is 148 Å². The van der Waals surface area contributed by atoms with Crippen molar-refractivity contribution in [2.45, 2.75) is 51.6 Å². The fraction of sp³-hybridized carbons (Fsp3) is 0.500. The van der Waals surface area contributed by atoms with Crippen molar-refractivity contribution in [1.82, 2.24) is 15.1 Å². The quantitative estimate of drug-likeness (QED) is 0.900. The summed E-state index contributed by atoms with van der Waals surface area (Å²) in [6, 6.07) is 8.24. The number of nitrogens with zero attached hydrogens (tertiary/aromatic N) is 2. The molecule has 2 aromatic rings. The number of rotatable bonds is 4. The van der Waals surface area contributed by atoms with Gasteiger partial charge in [0.2, 0.25) is 0 Å². The van der Waals surface area contributed by atoms with Crippen molar-refractivity contribution in [3.05, 3.63) is 46.8 Å².